The van der Waals surface area contributed by atoms with Crippen molar-refractivity contribution in [3.63, 3.8) is 0 Å². The molecule has 0 saturated carbocycles. The minimum Gasteiger partial charge on any atom is -0.491 e. The van der Waals surface area contributed by atoms with Crippen molar-refractivity contribution in [3.8, 4) is 5.75 Å². The Kier molecular flexibility index (Phi) is 4.69. The molecule has 2 nitrogen and oxygen atoms in total. The average molecular weight is 290 g/mol. The summed E-state index contributed by atoms with van der Waals surface area (Å²) in [5.74, 6) is 0.813. The molecule has 0 fully saturated rings. The topological polar surface area (TPSA) is 35.2 Å². The molecule has 0 aliphatic carbocycles. The van der Waals surface area contributed by atoms with Crippen LogP contribution >= 0.6 is 11.6 Å². The summed E-state index contributed by atoms with van der Waals surface area (Å²) in [6.45, 7) is 5.99. The van der Waals surface area contributed by atoms with E-state index in [1.165, 1.54) is 0 Å². The van der Waals surface area contributed by atoms with Crippen LogP contribution in [-0.2, 0) is 0 Å². The predicted octanol–water partition coefficient (Wildman–Crippen LogP) is 4.48. The van der Waals surface area contributed by atoms with Crippen molar-refractivity contribution in [2.45, 2.75) is 32.9 Å². The summed E-state index contributed by atoms with van der Waals surface area (Å²) in [7, 11) is 0. The van der Waals surface area contributed by atoms with Gasteiger partial charge in [-0.2, -0.15) is 0 Å². The predicted molar refractivity (Wildman–Crippen MR) is 84.4 cm³/mol. The lowest BCUT2D eigenvalue weighted by molar-refractivity contribution is 0.239. The largest absolute Gasteiger partial charge is 0.491 e. The van der Waals surface area contributed by atoms with Crippen molar-refractivity contribution < 1.29 is 4.74 Å². The third-order valence-corrected chi connectivity index (χ3v) is 3.69. The summed E-state index contributed by atoms with van der Waals surface area (Å²) in [4.78, 5) is 0. The summed E-state index contributed by atoms with van der Waals surface area (Å²) < 4.78 is 5.83. The van der Waals surface area contributed by atoms with E-state index < -0.39 is 0 Å². The second kappa shape index (κ2) is 6.29. The van der Waals surface area contributed by atoms with Gasteiger partial charge in [0.05, 0.1) is 12.1 Å². The number of hydrogen-bond acceptors (Lipinski definition) is 2. The highest BCUT2D eigenvalue weighted by Crippen LogP contribution is 2.33. The van der Waals surface area contributed by atoms with Crippen LogP contribution in [0.15, 0.2) is 42.5 Å². The maximum absolute atomic E-state index is 6.40. The number of rotatable bonds is 4. The highest BCUT2D eigenvalue weighted by Gasteiger charge is 2.17. The molecule has 3 heteroatoms. The summed E-state index contributed by atoms with van der Waals surface area (Å²) in [6, 6.07) is 13.5. The molecule has 106 valence electrons. The van der Waals surface area contributed by atoms with Gasteiger partial charge in [-0.25, -0.2) is 0 Å². The highest BCUT2D eigenvalue weighted by atomic mass is 35.5. The van der Waals surface area contributed by atoms with Gasteiger partial charge in [0.2, 0.25) is 0 Å². The highest BCUT2D eigenvalue weighted by molar-refractivity contribution is 6.32. The van der Waals surface area contributed by atoms with Crippen molar-refractivity contribution in [2.24, 2.45) is 5.73 Å². The van der Waals surface area contributed by atoms with Gasteiger partial charge in [0, 0.05) is 10.6 Å². The van der Waals surface area contributed by atoms with Crippen LogP contribution in [0.5, 0.6) is 5.75 Å². The maximum atomic E-state index is 6.40. The molecule has 0 aliphatic rings. The SMILES string of the molecule is Cc1cccc(C(N)c2ccccc2OC(C)C)c1Cl. The second-order valence-electron chi connectivity index (χ2n) is 5.16. The molecule has 20 heavy (non-hydrogen) atoms. The molecule has 1 atom stereocenters. The van der Waals surface area contributed by atoms with Gasteiger partial charge in [0.1, 0.15) is 5.75 Å². The molecule has 2 N–H and O–H groups in total. The Bertz CT molecular complexity index is 595. The summed E-state index contributed by atoms with van der Waals surface area (Å²) in [6.07, 6.45) is 0.108. The second-order valence-corrected chi connectivity index (χ2v) is 5.54. The molecule has 0 heterocycles. The van der Waals surface area contributed by atoms with E-state index in [0.717, 1.165) is 27.5 Å². The number of ether oxygens (including phenoxy) is 1. The van der Waals surface area contributed by atoms with E-state index in [4.69, 9.17) is 22.1 Å². The molecule has 2 rings (SSSR count). The van der Waals surface area contributed by atoms with Crippen LogP contribution in [-0.4, -0.2) is 6.10 Å². The molecule has 2 aromatic carbocycles. The van der Waals surface area contributed by atoms with Gasteiger partial charge in [-0.15, -0.1) is 0 Å². The van der Waals surface area contributed by atoms with Crippen molar-refractivity contribution in [1.29, 1.82) is 0 Å². The van der Waals surface area contributed by atoms with E-state index in [2.05, 4.69) is 0 Å². The number of benzene rings is 2. The van der Waals surface area contributed by atoms with Crippen LogP contribution in [0, 0.1) is 6.92 Å². The lowest BCUT2D eigenvalue weighted by Gasteiger charge is -2.20. The fourth-order valence-electron chi connectivity index (χ4n) is 2.18. The number of para-hydroxylation sites is 1. The molecule has 0 saturated heterocycles. The summed E-state index contributed by atoms with van der Waals surface area (Å²) >= 11 is 6.38. The van der Waals surface area contributed by atoms with Crippen molar-refractivity contribution in [2.75, 3.05) is 0 Å². The fourth-order valence-corrected chi connectivity index (χ4v) is 2.42. The Morgan fingerprint density at radius 3 is 2.35 bits per heavy atom. The van der Waals surface area contributed by atoms with Crippen LogP contribution in [0.25, 0.3) is 0 Å². The van der Waals surface area contributed by atoms with Gasteiger partial charge in [0.15, 0.2) is 0 Å². The Morgan fingerprint density at radius 2 is 1.65 bits per heavy atom. The smallest absolute Gasteiger partial charge is 0.124 e. The molecule has 0 amide bonds. The molecule has 1 unspecified atom stereocenters. The Balaban J connectivity index is 2.43. The minimum absolute atomic E-state index is 0.108. The number of aryl methyl sites for hydroxylation is 1. The number of hydrogen-bond donors (Lipinski definition) is 1. The molecule has 0 spiro atoms. The van der Waals surface area contributed by atoms with E-state index in [1.54, 1.807) is 0 Å². The van der Waals surface area contributed by atoms with Gasteiger partial charge >= 0.3 is 0 Å². The van der Waals surface area contributed by atoms with Gasteiger partial charge < -0.3 is 10.5 Å². The first kappa shape index (κ1) is 14.9. The van der Waals surface area contributed by atoms with Crippen LogP contribution in [0.1, 0.15) is 36.6 Å². The Morgan fingerprint density at radius 1 is 1.00 bits per heavy atom. The lowest BCUT2D eigenvalue weighted by atomic mass is 9.97. The third-order valence-electron chi connectivity index (χ3n) is 3.17. The molecule has 0 aromatic heterocycles. The zero-order valence-corrected chi connectivity index (χ0v) is 12.8. The summed E-state index contributed by atoms with van der Waals surface area (Å²) in [5, 5.41) is 0.722. The van der Waals surface area contributed by atoms with E-state index in [9.17, 15) is 0 Å². The van der Waals surface area contributed by atoms with Crippen molar-refractivity contribution in [3.05, 3.63) is 64.2 Å². The van der Waals surface area contributed by atoms with Gasteiger partial charge in [0.25, 0.3) is 0 Å². The zero-order valence-electron chi connectivity index (χ0n) is 12.1. The molecule has 2 aromatic rings. The van der Waals surface area contributed by atoms with E-state index in [0.29, 0.717) is 0 Å². The molecular weight excluding hydrogens is 270 g/mol. The molecular formula is C17H20ClNO. The van der Waals surface area contributed by atoms with Crippen LogP contribution < -0.4 is 10.5 Å². The van der Waals surface area contributed by atoms with Crippen molar-refractivity contribution >= 4 is 11.6 Å². The fraction of sp³-hybridized carbons (Fsp3) is 0.294. The average Bonchev–Trinajstić information content (AvgIpc) is 2.41. The van der Waals surface area contributed by atoms with Gasteiger partial charge in [-0.1, -0.05) is 48.0 Å². The Hall–Kier alpha value is -1.51. The Labute approximate surface area is 125 Å². The third kappa shape index (κ3) is 3.14. The maximum Gasteiger partial charge on any atom is 0.124 e. The summed E-state index contributed by atoms with van der Waals surface area (Å²) in [5.41, 5.74) is 9.30. The monoisotopic (exact) mass is 289 g/mol. The molecule has 0 aliphatic heterocycles. The van der Waals surface area contributed by atoms with Crippen molar-refractivity contribution in [1.82, 2.24) is 0 Å². The lowest BCUT2D eigenvalue weighted by Crippen LogP contribution is -2.16. The molecule has 0 bridgehead atoms. The van der Waals surface area contributed by atoms with E-state index >= 15 is 0 Å². The first-order valence-corrected chi connectivity index (χ1v) is 7.14. The van der Waals surface area contributed by atoms with Crippen LogP contribution in [0.3, 0.4) is 0 Å². The zero-order chi connectivity index (χ0) is 14.7. The standard InChI is InChI=1S/C17H20ClNO/c1-11(2)20-15-10-5-4-8-13(15)17(19)14-9-6-7-12(3)16(14)18/h4-11,17H,19H2,1-3H3. The quantitative estimate of drug-likeness (QED) is 0.900. The number of nitrogens with two attached hydrogens (primary N) is 1. The minimum atomic E-state index is -0.294. The van der Waals surface area contributed by atoms with Crippen LogP contribution in [0.4, 0.5) is 0 Å². The number of halogens is 1. The van der Waals surface area contributed by atoms with Gasteiger partial charge in [-0.05, 0) is 38.0 Å². The van der Waals surface area contributed by atoms with E-state index in [1.807, 2.05) is 63.2 Å². The van der Waals surface area contributed by atoms with Gasteiger partial charge in [-0.3, -0.25) is 0 Å². The normalized spacial score (nSPS) is 12.5. The van der Waals surface area contributed by atoms with E-state index in [-0.39, 0.29) is 12.1 Å². The first-order chi connectivity index (χ1) is 9.50. The first-order valence-electron chi connectivity index (χ1n) is 6.77. The molecule has 0 radical (unpaired) electrons. The van der Waals surface area contributed by atoms with Crippen LogP contribution in [0.2, 0.25) is 5.02 Å².